The van der Waals surface area contributed by atoms with Crippen LogP contribution in [-0.2, 0) is 14.3 Å². The summed E-state index contributed by atoms with van der Waals surface area (Å²) in [6.45, 7) is 1.25. The number of rotatable bonds is 3. The maximum absolute atomic E-state index is 11.5. The van der Waals surface area contributed by atoms with Gasteiger partial charge in [0.1, 0.15) is 5.54 Å². The van der Waals surface area contributed by atoms with Gasteiger partial charge >= 0.3 is 5.97 Å². The topological polar surface area (TPSA) is 47.6 Å². The molecule has 0 aromatic heterocycles. The van der Waals surface area contributed by atoms with Crippen molar-refractivity contribution >= 4 is 5.97 Å². The number of esters is 1. The summed E-state index contributed by atoms with van der Waals surface area (Å²) in [7, 11) is 3.01. The van der Waals surface area contributed by atoms with Crippen molar-refractivity contribution in [3.8, 4) is 0 Å². The molecule has 0 bridgehead atoms. The Bertz CT molecular complexity index is 170. The Morgan fingerprint density at radius 2 is 2.23 bits per heavy atom. The molecule has 1 unspecified atom stereocenters. The molecule has 0 spiro atoms. The van der Waals surface area contributed by atoms with E-state index in [-0.39, 0.29) is 5.97 Å². The van der Waals surface area contributed by atoms with Crippen molar-refractivity contribution in [2.45, 2.75) is 24.8 Å². The molecule has 0 aromatic carbocycles. The van der Waals surface area contributed by atoms with Crippen LogP contribution in [-0.4, -0.2) is 38.9 Å². The van der Waals surface area contributed by atoms with Gasteiger partial charge in [0.2, 0.25) is 0 Å². The fraction of sp³-hybridized carbons (Fsp3) is 0.889. The fourth-order valence-electron chi connectivity index (χ4n) is 1.77. The fourth-order valence-corrected chi connectivity index (χ4v) is 1.77. The zero-order valence-electron chi connectivity index (χ0n) is 8.26. The molecule has 0 saturated carbocycles. The highest BCUT2D eigenvalue weighted by Gasteiger charge is 2.40. The zero-order valence-corrected chi connectivity index (χ0v) is 8.26. The lowest BCUT2D eigenvalue weighted by Gasteiger charge is -2.34. The molecule has 76 valence electrons. The second-order valence-corrected chi connectivity index (χ2v) is 3.39. The van der Waals surface area contributed by atoms with Gasteiger partial charge in [-0.25, -0.2) is 4.79 Å². The molecule has 1 N–H and O–H groups in total. The van der Waals surface area contributed by atoms with Gasteiger partial charge in [0.15, 0.2) is 0 Å². The van der Waals surface area contributed by atoms with Crippen LogP contribution in [0.2, 0.25) is 0 Å². The maximum Gasteiger partial charge on any atom is 0.328 e. The quantitative estimate of drug-likeness (QED) is 0.646. The van der Waals surface area contributed by atoms with Crippen LogP contribution in [0.1, 0.15) is 19.3 Å². The average Bonchev–Trinajstić information content (AvgIpc) is 2.18. The van der Waals surface area contributed by atoms with Crippen molar-refractivity contribution < 1.29 is 14.3 Å². The molecule has 1 heterocycles. The van der Waals surface area contributed by atoms with Crippen LogP contribution < -0.4 is 5.32 Å². The summed E-state index contributed by atoms with van der Waals surface area (Å²) in [5, 5.41) is 3.18. The maximum atomic E-state index is 11.5. The van der Waals surface area contributed by atoms with Crippen LogP contribution in [0.3, 0.4) is 0 Å². The first-order chi connectivity index (χ1) is 6.25. The Labute approximate surface area is 78.6 Å². The summed E-state index contributed by atoms with van der Waals surface area (Å²) in [5.41, 5.74) is -0.595. The van der Waals surface area contributed by atoms with Crippen molar-refractivity contribution in [2.75, 3.05) is 27.4 Å². The van der Waals surface area contributed by atoms with E-state index < -0.39 is 5.54 Å². The molecule has 4 heteroatoms. The molecule has 13 heavy (non-hydrogen) atoms. The number of hydrogen-bond acceptors (Lipinski definition) is 4. The molecule has 1 atom stereocenters. The van der Waals surface area contributed by atoms with Gasteiger partial charge in [0, 0.05) is 7.11 Å². The third-order valence-corrected chi connectivity index (χ3v) is 2.46. The lowest BCUT2D eigenvalue weighted by Crippen LogP contribution is -2.58. The predicted octanol–water partition coefficient (Wildman–Crippen LogP) is 0.318. The average molecular weight is 187 g/mol. The molecule has 0 amide bonds. The van der Waals surface area contributed by atoms with Gasteiger partial charge in [0.05, 0.1) is 13.7 Å². The first-order valence-electron chi connectivity index (χ1n) is 4.57. The Morgan fingerprint density at radius 3 is 2.69 bits per heavy atom. The first kappa shape index (κ1) is 10.5. The minimum Gasteiger partial charge on any atom is -0.468 e. The molecule has 0 radical (unpaired) electrons. The summed E-state index contributed by atoms with van der Waals surface area (Å²) in [6, 6.07) is 0. The molecule has 1 rings (SSSR count). The number of carbonyl (C=O) groups excluding carboxylic acids is 1. The number of methoxy groups -OCH3 is 2. The summed E-state index contributed by atoms with van der Waals surface area (Å²) in [6.07, 6.45) is 2.96. The summed E-state index contributed by atoms with van der Waals surface area (Å²) in [4.78, 5) is 11.5. The third-order valence-electron chi connectivity index (χ3n) is 2.46. The Balaban J connectivity index is 2.66. The van der Waals surface area contributed by atoms with Crippen LogP contribution in [0.5, 0.6) is 0 Å². The standard InChI is InChI=1S/C9H17NO3/c1-12-7-9(8(11)13-2)5-3-4-6-10-9/h10H,3-7H2,1-2H3. The predicted molar refractivity (Wildman–Crippen MR) is 48.5 cm³/mol. The van der Waals surface area contributed by atoms with E-state index >= 15 is 0 Å². The van der Waals surface area contributed by atoms with Gasteiger partial charge in [-0.3, -0.25) is 5.32 Å². The summed E-state index contributed by atoms with van der Waals surface area (Å²) < 4.78 is 9.81. The monoisotopic (exact) mass is 187 g/mol. The molecule has 1 aliphatic heterocycles. The van der Waals surface area contributed by atoms with E-state index in [0.717, 1.165) is 25.8 Å². The van der Waals surface area contributed by atoms with E-state index in [4.69, 9.17) is 9.47 Å². The van der Waals surface area contributed by atoms with Crippen LogP contribution in [0, 0.1) is 0 Å². The first-order valence-corrected chi connectivity index (χ1v) is 4.57. The second kappa shape index (κ2) is 4.58. The molecule has 1 aliphatic rings. The van der Waals surface area contributed by atoms with E-state index in [9.17, 15) is 4.79 Å². The summed E-state index contributed by atoms with van der Waals surface area (Å²) in [5.74, 6) is -0.214. The third kappa shape index (κ3) is 2.19. The normalized spacial score (nSPS) is 28.5. The van der Waals surface area contributed by atoms with Crippen LogP contribution in [0.25, 0.3) is 0 Å². The molecular weight excluding hydrogens is 170 g/mol. The van der Waals surface area contributed by atoms with Gasteiger partial charge in [0.25, 0.3) is 0 Å². The van der Waals surface area contributed by atoms with E-state index in [2.05, 4.69) is 5.32 Å². The highest BCUT2D eigenvalue weighted by molar-refractivity contribution is 5.81. The van der Waals surface area contributed by atoms with E-state index in [1.807, 2.05) is 0 Å². The summed E-state index contributed by atoms with van der Waals surface area (Å²) >= 11 is 0. The Hall–Kier alpha value is -0.610. The van der Waals surface area contributed by atoms with Gasteiger partial charge < -0.3 is 9.47 Å². The molecule has 1 saturated heterocycles. The zero-order chi connectivity index (χ0) is 9.73. The van der Waals surface area contributed by atoms with Crippen molar-refractivity contribution in [1.82, 2.24) is 5.32 Å². The van der Waals surface area contributed by atoms with E-state index in [0.29, 0.717) is 6.61 Å². The minimum atomic E-state index is -0.595. The van der Waals surface area contributed by atoms with Crippen LogP contribution >= 0.6 is 0 Å². The van der Waals surface area contributed by atoms with Gasteiger partial charge in [-0.2, -0.15) is 0 Å². The lowest BCUT2D eigenvalue weighted by molar-refractivity contribution is -0.152. The molecule has 1 fully saturated rings. The van der Waals surface area contributed by atoms with Gasteiger partial charge in [-0.05, 0) is 25.8 Å². The number of carbonyl (C=O) groups is 1. The van der Waals surface area contributed by atoms with Crippen molar-refractivity contribution in [3.05, 3.63) is 0 Å². The van der Waals surface area contributed by atoms with Crippen LogP contribution in [0.15, 0.2) is 0 Å². The van der Waals surface area contributed by atoms with Crippen molar-refractivity contribution in [1.29, 1.82) is 0 Å². The molecule has 0 aromatic rings. The lowest BCUT2D eigenvalue weighted by atomic mass is 9.90. The van der Waals surface area contributed by atoms with Crippen LogP contribution in [0.4, 0.5) is 0 Å². The molecular formula is C9H17NO3. The van der Waals surface area contributed by atoms with Gasteiger partial charge in [-0.15, -0.1) is 0 Å². The van der Waals surface area contributed by atoms with Gasteiger partial charge in [-0.1, -0.05) is 0 Å². The number of nitrogens with one attached hydrogen (secondary N) is 1. The number of piperidine rings is 1. The largest absolute Gasteiger partial charge is 0.468 e. The minimum absolute atomic E-state index is 0.214. The van der Waals surface area contributed by atoms with Crippen molar-refractivity contribution in [3.63, 3.8) is 0 Å². The van der Waals surface area contributed by atoms with Crippen molar-refractivity contribution in [2.24, 2.45) is 0 Å². The molecule has 0 aliphatic carbocycles. The Morgan fingerprint density at radius 1 is 1.46 bits per heavy atom. The highest BCUT2D eigenvalue weighted by atomic mass is 16.5. The second-order valence-electron chi connectivity index (χ2n) is 3.39. The smallest absolute Gasteiger partial charge is 0.328 e. The van der Waals surface area contributed by atoms with E-state index in [1.54, 1.807) is 7.11 Å². The van der Waals surface area contributed by atoms with E-state index in [1.165, 1.54) is 7.11 Å². The SMILES string of the molecule is COCC1(C(=O)OC)CCCCN1. The molecule has 4 nitrogen and oxygen atoms in total. The number of ether oxygens (including phenoxy) is 2. The number of hydrogen-bond donors (Lipinski definition) is 1. The Kier molecular flexibility index (Phi) is 3.69. The highest BCUT2D eigenvalue weighted by Crippen LogP contribution is 2.20.